The average Bonchev–Trinajstić information content (AvgIpc) is 3.28. The summed E-state index contributed by atoms with van der Waals surface area (Å²) in [5.74, 6) is 1.72. The molecule has 2 aliphatic rings. The monoisotopic (exact) mass is 350 g/mol. The highest BCUT2D eigenvalue weighted by Gasteiger charge is 2.32. The van der Waals surface area contributed by atoms with Crippen LogP contribution < -0.4 is 5.69 Å². The van der Waals surface area contributed by atoms with Gasteiger partial charge in [-0.3, -0.25) is 9.36 Å². The van der Waals surface area contributed by atoms with E-state index in [-0.39, 0.29) is 17.5 Å². The van der Waals surface area contributed by atoms with Crippen molar-refractivity contribution in [2.75, 3.05) is 26.8 Å². The van der Waals surface area contributed by atoms with E-state index >= 15 is 0 Å². The summed E-state index contributed by atoms with van der Waals surface area (Å²) >= 11 is 0. The number of likely N-dealkylation sites (tertiary alicyclic amines) is 1. The molecule has 1 aromatic rings. The quantitative estimate of drug-likeness (QED) is 0.781. The van der Waals surface area contributed by atoms with Gasteiger partial charge in [-0.1, -0.05) is 12.8 Å². The van der Waals surface area contributed by atoms with Crippen molar-refractivity contribution in [2.45, 2.75) is 64.5 Å². The average molecular weight is 350 g/mol. The predicted molar refractivity (Wildman–Crippen MR) is 94.6 cm³/mol. The molecule has 1 saturated heterocycles. The molecule has 0 spiro atoms. The molecule has 2 heterocycles. The maximum atomic E-state index is 12.6. The molecule has 0 bridgehead atoms. The molecule has 0 radical (unpaired) electrons. The summed E-state index contributed by atoms with van der Waals surface area (Å²) in [5, 5.41) is 4.57. The predicted octanol–water partition coefficient (Wildman–Crippen LogP) is 1.61. The number of methoxy groups -OCH3 is 1. The maximum Gasteiger partial charge on any atom is 0.345 e. The Labute approximate surface area is 148 Å². The Kier molecular flexibility index (Phi) is 5.93. The van der Waals surface area contributed by atoms with Gasteiger partial charge in [0.15, 0.2) is 0 Å². The second kappa shape index (κ2) is 8.17. The van der Waals surface area contributed by atoms with Crippen molar-refractivity contribution in [3.05, 3.63) is 16.3 Å². The summed E-state index contributed by atoms with van der Waals surface area (Å²) in [6.45, 7) is 5.13. The van der Waals surface area contributed by atoms with E-state index in [1.165, 1.54) is 17.5 Å². The van der Waals surface area contributed by atoms with E-state index in [1.807, 2.05) is 11.8 Å². The molecule has 3 rings (SSSR count). The third-order valence-corrected chi connectivity index (χ3v) is 5.65. The SMILES string of the molecule is CCn1c(C2CCN(C(=O)C3CCCC3)CC2)nn(CCOC)c1=O. The van der Waals surface area contributed by atoms with Crippen molar-refractivity contribution in [2.24, 2.45) is 5.92 Å². The fraction of sp³-hybridized carbons (Fsp3) is 0.833. The second-order valence-corrected chi connectivity index (χ2v) is 7.18. The van der Waals surface area contributed by atoms with Gasteiger partial charge in [0, 0.05) is 38.6 Å². The molecular weight excluding hydrogens is 320 g/mol. The van der Waals surface area contributed by atoms with Gasteiger partial charge in [0.25, 0.3) is 0 Å². The van der Waals surface area contributed by atoms with Crippen LogP contribution in [0.25, 0.3) is 0 Å². The highest BCUT2D eigenvalue weighted by molar-refractivity contribution is 5.79. The topological polar surface area (TPSA) is 69.4 Å². The fourth-order valence-corrected chi connectivity index (χ4v) is 4.17. The molecule has 1 aliphatic carbocycles. The molecule has 1 amide bonds. The van der Waals surface area contributed by atoms with Crippen LogP contribution in [0.1, 0.15) is 57.2 Å². The van der Waals surface area contributed by atoms with Gasteiger partial charge < -0.3 is 9.64 Å². The first-order valence-electron chi connectivity index (χ1n) is 9.61. The van der Waals surface area contributed by atoms with Gasteiger partial charge >= 0.3 is 5.69 Å². The lowest BCUT2D eigenvalue weighted by Gasteiger charge is -2.33. The van der Waals surface area contributed by atoms with E-state index in [0.29, 0.717) is 25.6 Å². The van der Waals surface area contributed by atoms with Crippen molar-refractivity contribution in [1.82, 2.24) is 19.2 Å². The smallest absolute Gasteiger partial charge is 0.345 e. The Morgan fingerprint density at radius 3 is 2.48 bits per heavy atom. The van der Waals surface area contributed by atoms with Crippen LogP contribution in [-0.2, 0) is 22.6 Å². The molecule has 0 aromatic carbocycles. The molecule has 1 saturated carbocycles. The number of ether oxygens (including phenoxy) is 1. The zero-order valence-electron chi connectivity index (χ0n) is 15.4. The molecule has 7 nitrogen and oxygen atoms in total. The van der Waals surface area contributed by atoms with Crippen molar-refractivity contribution in [1.29, 1.82) is 0 Å². The van der Waals surface area contributed by atoms with Crippen molar-refractivity contribution < 1.29 is 9.53 Å². The number of aromatic nitrogens is 3. The molecule has 0 atom stereocenters. The normalized spacial score (nSPS) is 19.7. The minimum atomic E-state index is -0.0565. The third-order valence-electron chi connectivity index (χ3n) is 5.65. The lowest BCUT2D eigenvalue weighted by molar-refractivity contribution is -0.136. The van der Waals surface area contributed by atoms with Crippen LogP contribution in [0.5, 0.6) is 0 Å². The summed E-state index contributed by atoms with van der Waals surface area (Å²) in [6, 6.07) is 0. The number of carbonyl (C=O) groups is 1. The van der Waals surface area contributed by atoms with Crippen molar-refractivity contribution in [3.8, 4) is 0 Å². The van der Waals surface area contributed by atoms with Gasteiger partial charge in [0.1, 0.15) is 5.82 Å². The minimum absolute atomic E-state index is 0.0565. The van der Waals surface area contributed by atoms with Crippen molar-refractivity contribution in [3.63, 3.8) is 0 Å². The summed E-state index contributed by atoms with van der Waals surface area (Å²) < 4.78 is 8.35. The molecular formula is C18H30N4O3. The zero-order valence-corrected chi connectivity index (χ0v) is 15.4. The van der Waals surface area contributed by atoms with Gasteiger partial charge in [-0.05, 0) is 32.6 Å². The molecule has 0 unspecified atom stereocenters. The van der Waals surface area contributed by atoms with E-state index in [0.717, 1.165) is 44.6 Å². The third kappa shape index (κ3) is 3.81. The molecule has 25 heavy (non-hydrogen) atoms. The molecule has 1 aromatic heterocycles. The van der Waals surface area contributed by atoms with E-state index in [1.54, 1.807) is 11.7 Å². The Morgan fingerprint density at radius 2 is 1.88 bits per heavy atom. The van der Waals surface area contributed by atoms with Crippen molar-refractivity contribution >= 4 is 5.91 Å². The number of amides is 1. The zero-order chi connectivity index (χ0) is 17.8. The first-order chi connectivity index (χ1) is 12.2. The van der Waals surface area contributed by atoms with Gasteiger partial charge in [-0.15, -0.1) is 0 Å². The Balaban J connectivity index is 1.66. The number of hydrogen-bond donors (Lipinski definition) is 0. The van der Waals surface area contributed by atoms with Crippen LogP contribution in [-0.4, -0.2) is 52.0 Å². The lowest BCUT2D eigenvalue weighted by Crippen LogP contribution is -2.41. The van der Waals surface area contributed by atoms with Gasteiger partial charge in [0.2, 0.25) is 5.91 Å². The molecule has 140 valence electrons. The Hall–Kier alpha value is -1.63. The highest BCUT2D eigenvalue weighted by Crippen LogP contribution is 2.31. The fourth-order valence-electron chi connectivity index (χ4n) is 4.17. The van der Waals surface area contributed by atoms with Crippen LogP contribution in [0.15, 0.2) is 4.79 Å². The van der Waals surface area contributed by atoms with E-state index in [2.05, 4.69) is 5.10 Å². The first-order valence-corrected chi connectivity index (χ1v) is 9.61. The largest absolute Gasteiger partial charge is 0.383 e. The number of hydrogen-bond acceptors (Lipinski definition) is 4. The van der Waals surface area contributed by atoms with Crippen LogP contribution >= 0.6 is 0 Å². The summed E-state index contributed by atoms with van der Waals surface area (Å²) in [7, 11) is 1.62. The van der Waals surface area contributed by atoms with Gasteiger partial charge in [-0.2, -0.15) is 5.10 Å². The molecule has 7 heteroatoms. The Morgan fingerprint density at radius 1 is 1.20 bits per heavy atom. The molecule has 0 N–H and O–H groups in total. The molecule has 1 aliphatic heterocycles. The molecule has 2 fully saturated rings. The van der Waals surface area contributed by atoms with Gasteiger partial charge in [0.05, 0.1) is 13.2 Å². The van der Waals surface area contributed by atoms with E-state index < -0.39 is 0 Å². The van der Waals surface area contributed by atoms with Crippen LogP contribution in [0.2, 0.25) is 0 Å². The van der Waals surface area contributed by atoms with Crippen LogP contribution in [0.4, 0.5) is 0 Å². The Bertz CT molecular complexity index is 637. The number of carbonyl (C=O) groups excluding carboxylic acids is 1. The lowest BCUT2D eigenvalue weighted by atomic mass is 9.94. The first kappa shape index (κ1) is 18.2. The van der Waals surface area contributed by atoms with E-state index in [4.69, 9.17) is 4.74 Å². The number of nitrogens with zero attached hydrogens (tertiary/aromatic N) is 4. The summed E-state index contributed by atoms with van der Waals surface area (Å²) in [5.41, 5.74) is -0.0565. The second-order valence-electron chi connectivity index (χ2n) is 7.18. The minimum Gasteiger partial charge on any atom is -0.383 e. The van der Waals surface area contributed by atoms with Crippen LogP contribution in [0, 0.1) is 5.92 Å². The highest BCUT2D eigenvalue weighted by atomic mass is 16.5. The number of piperidine rings is 1. The summed E-state index contributed by atoms with van der Waals surface area (Å²) in [4.78, 5) is 27.1. The van der Waals surface area contributed by atoms with Gasteiger partial charge in [-0.25, -0.2) is 9.48 Å². The van der Waals surface area contributed by atoms with Crippen LogP contribution in [0.3, 0.4) is 0 Å². The summed E-state index contributed by atoms with van der Waals surface area (Å²) in [6.07, 6.45) is 6.26. The standard InChI is InChI=1S/C18H30N4O3/c1-3-21-16(19-22(18(21)24)12-13-25-2)14-8-10-20(11-9-14)17(23)15-6-4-5-7-15/h14-15H,3-13H2,1-2H3. The maximum absolute atomic E-state index is 12.6. The van der Waals surface area contributed by atoms with E-state index in [9.17, 15) is 9.59 Å². The number of rotatable bonds is 6.